The number of rotatable bonds is 10. The molecular weight excluding hydrogens is 430 g/mol. The van der Waals surface area contributed by atoms with Crippen molar-refractivity contribution >= 4 is 34.9 Å². The standard InChI is InChI=1S/C22H27N5O2S2/c1-4-26(14-19(28)23-13-17-10-8-12-30-17)20(29)15-31-22-25-24-21(27(22)5-2)18-11-7-6-9-16(18)3/h6-12H,4-5,13-15H2,1-3H3,(H,23,28). The van der Waals surface area contributed by atoms with Gasteiger partial charge in [0.2, 0.25) is 11.8 Å². The van der Waals surface area contributed by atoms with Crippen LogP contribution in [0.15, 0.2) is 46.9 Å². The average Bonchev–Trinajstić information content (AvgIpc) is 3.44. The largest absolute Gasteiger partial charge is 0.350 e. The number of carbonyl (C=O) groups excluding carboxylic acids is 2. The van der Waals surface area contributed by atoms with E-state index >= 15 is 0 Å². The molecule has 0 spiro atoms. The number of likely N-dealkylation sites (N-methyl/N-ethyl adjacent to an activating group) is 1. The summed E-state index contributed by atoms with van der Waals surface area (Å²) >= 11 is 2.94. The number of hydrogen-bond acceptors (Lipinski definition) is 6. The minimum Gasteiger partial charge on any atom is -0.350 e. The average molecular weight is 458 g/mol. The van der Waals surface area contributed by atoms with E-state index in [4.69, 9.17) is 0 Å². The predicted octanol–water partition coefficient (Wildman–Crippen LogP) is 3.59. The molecule has 0 saturated carbocycles. The molecule has 2 aromatic heterocycles. The van der Waals surface area contributed by atoms with Gasteiger partial charge in [0.05, 0.1) is 18.8 Å². The minimum atomic E-state index is -0.160. The van der Waals surface area contributed by atoms with Crippen LogP contribution < -0.4 is 5.32 Å². The maximum atomic E-state index is 12.7. The van der Waals surface area contributed by atoms with Gasteiger partial charge in [-0.1, -0.05) is 42.1 Å². The Morgan fingerprint density at radius 3 is 2.65 bits per heavy atom. The number of benzene rings is 1. The predicted molar refractivity (Wildman–Crippen MR) is 125 cm³/mol. The van der Waals surface area contributed by atoms with Crippen LogP contribution in [0.5, 0.6) is 0 Å². The molecule has 0 aliphatic heterocycles. The molecule has 1 aromatic carbocycles. The van der Waals surface area contributed by atoms with E-state index in [9.17, 15) is 9.59 Å². The zero-order chi connectivity index (χ0) is 22.2. The van der Waals surface area contributed by atoms with Crippen LogP contribution in [0.4, 0.5) is 0 Å². The van der Waals surface area contributed by atoms with E-state index < -0.39 is 0 Å². The molecule has 2 amide bonds. The highest BCUT2D eigenvalue weighted by Gasteiger charge is 2.19. The second-order valence-corrected chi connectivity index (χ2v) is 8.89. The highest BCUT2D eigenvalue weighted by Crippen LogP contribution is 2.26. The molecule has 0 fully saturated rings. The molecule has 0 atom stereocenters. The fourth-order valence-electron chi connectivity index (χ4n) is 3.13. The molecule has 0 aliphatic rings. The molecule has 0 bridgehead atoms. The molecule has 0 saturated heterocycles. The highest BCUT2D eigenvalue weighted by molar-refractivity contribution is 7.99. The van der Waals surface area contributed by atoms with Crippen molar-refractivity contribution < 1.29 is 9.59 Å². The van der Waals surface area contributed by atoms with Crippen molar-refractivity contribution in [3.63, 3.8) is 0 Å². The summed E-state index contributed by atoms with van der Waals surface area (Å²) in [6.45, 7) is 7.67. The van der Waals surface area contributed by atoms with Gasteiger partial charge in [0.25, 0.3) is 0 Å². The second kappa shape index (κ2) is 11.1. The fraction of sp³-hybridized carbons (Fsp3) is 0.364. The summed E-state index contributed by atoms with van der Waals surface area (Å²) < 4.78 is 2.02. The molecule has 2 heterocycles. The van der Waals surface area contributed by atoms with Crippen LogP contribution in [0.3, 0.4) is 0 Å². The Balaban J connectivity index is 1.58. The van der Waals surface area contributed by atoms with E-state index in [1.807, 2.05) is 67.1 Å². The van der Waals surface area contributed by atoms with Crippen LogP contribution in [0.2, 0.25) is 0 Å². The van der Waals surface area contributed by atoms with E-state index in [1.165, 1.54) is 11.8 Å². The summed E-state index contributed by atoms with van der Waals surface area (Å²) in [6, 6.07) is 12.0. The van der Waals surface area contributed by atoms with Gasteiger partial charge in [-0.05, 0) is 37.8 Å². The summed E-state index contributed by atoms with van der Waals surface area (Å²) in [4.78, 5) is 27.6. The van der Waals surface area contributed by atoms with Crippen molar-refractivity contribution in [2.45, 2.75) is 39.0 Å². The Kier molecular flexibility index (Phi) is 8.25. The molecule has 7 nitrogen and oxygen atoms in total. The summed E-state index contributed by atoms with van der Waals surface area (Å²) in [5.41, 5.74) is 2.16. The molecule has 3 aromatic rings. The summed E-state index contributed by atoms with van der Waals surface area (Å²) in [6.07, 6.45) is 0. The van der Waals surface area contributed by atoms with Crippen LogP contribution in [-0.2, 0) is 22.7 Å². The van der Waals surface area contributed by atoms with Crippen LogP contribution in [0.1, 0.15) is 24.3 Å². The van der Waals surface area contributed by atoms with Gasteiger partial charge in [-0.25, -0.2) is 0 Å². The maximum Gasteiger partial charge on any atom is 0.239 e. The number of thioether (sulfide) groups is 1. The fourth-order valence-corrected chi connectivity index (χ4v) is 4.68. The van der Waals surface area contributed by atoms with Gasteiger partial charge in [0, 0.05) is 23.5 Å². The van der Waals surface area contributed by atoms with Gasteiger partial charge >= 0.3 is 0 Å². The van der Waals surface area contributed by atoms with Crippen LogP contribution in [0.25, 0.3) is 11.4 Å². The zero-order valence-electron chi connectivity index (χ0n) is 18.0. The van der Waals surface area contributed by atoms with Gasteiger partial charge in [0.15, 0.2) is 11.0 Å². The van der Waals surface area contributed by atoms with Crippen LogP contribution >= 0.6 is 23.1 Å². The van der Waals surface area contributed by atoms with E-state index in [-0.39, 0.29) is 24.1 Å². The molecule has 0 aliphatic carbocycles. The first-order valence-electron chi connectivity index (χ1n) is 10.2. The number of carbonyl (C=O) groups is 2. The normalized spacial score (nSPS) is 10.8. The third-order valence-corrected chi connectivity index (χ3v) is 6.68. The van der Waals surface area contributed by atoms with Gasteiger partial charge in [-0.2, -0.15) is 0 Å². The molecule has 0 radical (unpaired) electrons. The first-order valence-corrected chi connectivity index (χ1v) is 12.1. The number of nitrogens with zero attached hydrogens (tertiary/aromatic N) is 4. The van der Waals surface area contributed by atoms with Crippen molar-refractivity contribution in [2.24, 2.45) is 0 Å². The van der Waals surface area contributed by atoms with Gasteiger partial charge in [-0.3, -0.25) is 9.59 Å². The minimum absolute atomic E-state index is 0.0518. The zero-order valence-corrected chi connectivity index (χ0v) is 19.6. The Morgan fingerprint density at radius 1 is 1.16 bits per heavy atom. The summed E-state index contributed by atoms with van der Waals surface area (Å²) in [5, 5.41) is 14.2. The lowest BCUT2D eigenvalue weighted by atomic mass is 10.1. The first-order chi connectivity index (χ1) is 15.0. The monoisotopic (exact) mass is 457 g/mol. The lowest BCUT2D eigenvalue weighted by molar-refractivity contribution is -0.133. The van der Waals surface area contributed by atoms with Gasteiger partial charge in [-0.15, -0.1) is 21.5 Å². The lowest BCUT2D eigenvalue weighted by Gasteiger charge is -2.20. The topological polar surface area (TPSA) is 80.1 Å². The van der Waals surface area contributed by atoms with Gasteiger partial charge in [0.1, 0.15) is 0 Å². The molecule has 9 heteroatoms. The molecular formula is C22H27N5O2S2. The molecule has 31 heavy (non-hydrogen) atoms. The first kappa shape index (κ1) is 23.0. The van der Waals surface area contributed by atoms with Crippen molar-refractivity contribution in [1.82, 2.24) is 25.0 Å². The summed E-state index contributed by atoms with van der Waals surface area (Å²) in [5.74, 6) is 0.752. The molecule has 0 unspecified atom stereocenters. The van der Waals surface area contributed by atoms with E-state index in [2.05, 4.69) is 15.5 Å². The number of amides is 2. The highest BCUT2D eigenvalue weighted by atomic mass is 32.2. The lowest BCUT2D eigenvalue weighted by Crippen LogP contribution is -2.41. The SMILES string of the molecule is CCN(CC(=O)NCc1cccs1)C(=O)CSc1nnc(-c2ccccc2C)n1CC. The van der Waals surface area contributed by atoms with Crippen molar-refractivity contribution in [3.8, 4) is 11.4 Å². The quantitative estimate of drug-likeness (QED) is 0.471. The van der Waals surface area contributed by atoms with Crippen LogP contribution in [0, 0.1) is 6.92 Å². The Morgan fingerprint density at radius 2 is 1.97 bits per heavy atom. The Hall–Kier alpha value is -2.65. The smallest absolute Gasteiger partial charge is 0.239 e. The van der Waals surface area contributed by atoms with Crippen LogP contribution in [-0.4, -0.2) is 50.3 Å². The number of aromatic nitrogens is 3. The third-order valence-electron chi connectivity index (χ3n) is 4.85. The molecule has 1 N–H and O–H groups in total. The number of thiophene rings is 1. The molecule has 3 rings (SSSR count). The van der Waals surface area contributed by atoms with E-state index in [1.54, 1.807) is 16.2 Å². The molecule has 164 valence electrons. The number of nitrogens with one attached hydrogen (secondary N) is 1. The number of hydrogen-bond donors (Lipinski definition) is 1. The van der Waals surface area contributed by atoms with Gasteiger partial charge < -0.3 is 14.8 Å². The van der Waals surface area contributed by atoms with Crippen molar-refractivity contribution in [1.29, 1.82) is 0 Å². The van der Waals surface area contributed by atoms with Crippen molar-refractivity contribution in [3.05, 3.63) is 52.2 Å². The Labute approximate surface area is 190 Å². The van der Waals surface area contributed by atoms with E-state index in [0.29, 0.717) is 24.8 Å². The number of aryl methyl sites for hydroxylation is 1. The third kappa shape index (κ3) is 5.95. The van der Waals surface area contributed by atoms with Crippen molar-refractivity contribution in [2.75, 3.05) is 18.8 Å². The summed E-state index contributed by atoms with van der Waals surface area (Å²) in [7, 11) is 0. The maximum absolute atomic E-state index is 12.7. The Bertz CT molecular complexity index is 1020. The van der Waals surface area contributed by atoms with E-state index in [0.717, 1.165) is 21.8 Å². The second-order valence-electron chi connectivity index (χ2n) is 6.92.